The molecule has 0 radical (unpaired) electrons. The standard InChI is InChI=1S/C18H20F2N2O4/c19-14-2-1-11(9-15(14)20)21-16(23)12-10-13(12)17(24)22-5-3-18(4-6-22)25-7-8-26-18/h1-2,9,12-13H,3-8,10H2,(H,21,23). The number of amides is 2. The molecule has 3 fully saturated rings. The third-order valence-corrected chi connectivity index (χ3v) is 5.28. The van der Waals surface area contributed by atoms with Gasteiger partial charge in [0.2, 0.25) is 11.8 Å². The molecular formula is C18H20F2N2O4. The van der Waals surface area contributed by atoms with Gasteiger partial charge in [0.1, 0.15) is 0 Å². The largest absolute Gasteiger partial charge is 0.347 e. The number of rotatable bonds is 3. The summed E-state index contributed by atoms with van der Waals surface area (Å²) in [6.07, 6.45) is 1.75. The number of ether oxygens (including phenoxy) is 2. The molecule has 1 aliphatic carbocycles. The lowest BCUT2D eigenvalue weighted by molar-refractivity contribution is -0.187. The molecule has 4 rings (SSSR count). The molecule has 26 heavy (non-hydrogen) atoms. The second kappa shape index (κ2) is 6.59. The molecular weight excluding hydrogens is 346 g/mol. The van der Waals surface area contributed by atoms with E-state index >= 15 is 0 Å². The van der Waals surface area contributed by atoms with Crippen molar-refractivity contribution in [3.63, 3.8) is 0 Å². The number of nitrogens with zero attached hydrogens (tertiary/aromatic N) is 1. The lowest BCUT2D eigenvalue weighted by Gasteiger charge is -2.37. The molecule has 1 N–H and O–H groups in total. The Morgan fingerprint density at radius 3 is 2.42 bits per heavy atom. The molecule has 0 bridgehead atoms. The van der Waals surface area contributed by atoms with Gasteiger partial charge in [0.05, 0.1) is 25.0 Å². The normalized spacial score (nSPS) is 26.8. The first kappa shape index (κ1) is 17.4. The van der Waals surface area contributed by atoms with E-state index in [1.54, 1.807) is 4.90 Å². The highest BCUT2D eigenvalue weighted by Gasteiger charge is 2.51. The zero-order valence-electron chi connectivity index (χ0n) is 14.2. The Morgan fingerprint density at radius 1 is 1.08 bits per heavy atom. The van der Waals surface area contributed by atoms with Gasteiger partial charge < -0.3 is 19.7 Å². The zero-order valence-corrected chi connectivity index (χ0v) is 14.2. The fourth-order valence-electron chi connectivity index (χ4n) is 3.65. The Bertz CT molecular complexity index is 726. The van der Waals surface area contributed by atoms with Gasteiger partial charge >= 0.3 is 0 Å². The van der Waals surface area contributed by atoms with Crippen LogP contribution in [0, 0.1) is 23.5 Å². The topological polar surface area (TPSA) is 67.9 Å². The first-order valence-electron chi connectivity index (χ1n) is 8.80. The molecule has 1 spiro atoms. The minimum Gasteiger partial charge on any atom is -0.347 e. The van der Waals surface area contributed by atoms with Crippen LogP contribution in [-0.4, -0.2) is 48.8 Å². The summed E-state index contributed by atoms with van der Waals surface area (Å²) in [4.78, 5) is 26.6. The molecule has 2 aliphatic heterocycles. The van der Waals surface area contributed by atoms with Crippen LogP contribution in [0.5, 0.6) is 0 Å². The summed E-state index contributed by atoms with van der Waals surface area (Å²) in [5.74, 6) is -3.69. The molecule has 2 saturated heterocycles. The van der Waals surface area contributed by atoms with Gasteiger partial charge in [-0.15, -0.1) is 0 Å². The smallest absolute Gasteiger partial charge is 0.228 e. The molecule has 140 valence electrons. The molecule has 1 saturated carbocycles. The van der Waals surface area contributed by atoms with Crippen LogP contribution in [0.2, 0.25) is 0 Å². The minimum atomic E-state index is -1.02. The lowest BCUT2D eigenvalue weighted by atomic mass is 10.0. The van der Waals surface area contributed by atoms with Crippen molar-refractivity contribution in [2.45, 2.75) is 25.0 Å². The Hall–Kier alpha value is -2.06. The van der Waals surface area contributed by atoms with Gasteiger partial charge in [-0.3, -0.25) is 9.59 Å². The quantitative estimate of drug-likeness (QED) is 0.887. The second-order valence-corrected chi connectivity index (χ2v) is 7.00. The molecule has 1 aromatic rings. The van der Waals surface area contributed by atoms with E-state index in [0.717, 1.165) is 12.1 Å². The SMILES string of the molecule is O=C(Nc1ccc(F)c(F)c1)C1CC1C(=O)N1CCC2(CC1)OCCO2. The number of hydrogen-bond donors (Lipinski definition) is 1. The molecule has 2 heterocycles. The van der Waals surface area contributed by atoms with Crippen LogP contribution in [0.25, 0.3) is 0 Å². The summed E-state index contributed by atoms with van der Waals surface area (Å²) in [6.45, 7) is 2.27. The number of halogens is 2. The highest BCUT2D eigenvalue weighted by molar-refractivity contribution is 5.99. The summed E-state index contributed by atoms with van der Waals surface area (Å²) in [5, 5.41) is 2.54. The van der Waals surface area contributed by atoms with Crippen LogP contribution in [0.1, 0.15) is 19.3 Å². The van der Waals surface area contributed by atoms with Crippen molar-refractivity contribution in [1.82, 2.24) is 4.90 Å². The summed E-state index contributed by atoms with van der Waals surface area (Å²) < 4.78 is 37.4. The number of hydrogen-bond acceptors (Lipinski definition) is 4. The number of piperidine rings is 1. The molecule has 3 aliphatic rings. The van der Waals surface area contributed by atoms with E-state index in [9.17, 15) is 18.4 Å². The van der Waals surface area contributed by atoms with Crippen LogP contribution >= 0.6 is 0 Å². The molecule has 2 unspecified atom stereocenters. The number of carbonyl (C=O) groups is 2. The first-order chi connectivity index (χ1) is 12.5. The number of nitrogens with one attached hydrogen (secondary N) is 1. The van der Waals surface area contributed by atoms with Gasteiger partial charge in [-0.05, 0) is 18.6 Å². The highest BCUT2D eigenvalue weighted by Crippen LogP contribution is 2.42. The number of anilines is 1. The predicted octanol–water partition coefficient (Wildman–Crippen LogP) is 1.90. The predicted molar refractivity (Wildman–Crippen MR) is 87.0 cm³/mol. The van der Waals surface area contributed by atoms with Crippen molar-refractivity contribution >= 4 is 17.5 Å². The van der Waals surface area contributed by atoms with Crippen molar-refractivity contribution in [3.8, 4) is 0 Å². The van der Waals surface area contributed by atoms with E-state index in [1.807, 2.05) is 0 Å². The summed E-state index contributed by atoms with van der Waals surface area (Å²) in [5.41, 5.74) is 0.183. The number of carbonyl (C=O) groups excluding carboxylic acids is 2. The Balaban J connectivity index is 1.29. The average molecular weight is 366 g/mol. The van der Waals surface area contributed by atoms with E-state index in [-0.39, 0.29) is 23.4 Å². The van der Waals surface area contributed by atoms with Crippen molar-refractivity contribution in [2.24, 2.45) is 11.8 Å². The van der Waals surface area contributed by atoms with Gasteiger partial charge in [-0.25, -0.2) is 8.78 Å². The van der Waals surface area contributed by atoms with Crippen LogP contribution < -0.4 is 5.32 Å². The molecule has 1 aromatic carbocycles. The number of likely N-dealkylation sites (tertiary alicyclic amines) is 1. The molecule has 2 atom stereocenters. The minimum absolute atomic E-state index is 0.0386. The van der Waals surface area contributed by atoms with Crippen molar-refractivity contribution < 1.29 is 27.8 Å². The van der Waals surface area contributed by atoms with Gasteiger partial charge in [0.25, 0.3) is 0 Å². The van der Waals surface area contributed by atoms with E-state index in [4.69, 9.17) is 9.47 Å². The average Bonchev–Trinajstić information content (AvgIpc) is 3.32. The van der Waals surface area contributed by atoms with Crippen molar-refractivity contribution in [3.05, 3.63) is 29.8 Å². The number of benzene rings is 1. The van der Waals surface area contributed by atoms with E-state index < -0.39 is 23.3 Å². The van der Waals surface area contributed by atoms with E-state index in [0.29, 0.717) is 45.6 Å². The van der Waals surface area contributed by atoms with E-state index in [2.05, 4.69) is 5.32 Å². The maximum absolute atomic E-state index is 13.2. The third-order valence-electron chi connectivity index (χ3n) is 5.28. The van der Waals surface area contributed by atoms with Crippen LogP contribution in [0.4, 0.5) is 14.5 Å². The molecule has 8 heteroatoms. The zero-order chi connectivity index (χ0) is 18.3. The lowest BCUT2D eigenvalue weighted by Crippen LogP contribution is -2.48. The van der Waals surface area contributed by atoms with Gasteiger partial charge in [0, 0.05) is 37.7 Å². The molecule has 6 nitrogen and oxygen atoms in total. The third kappa shape index (κ3) is 3.31. The Labute approximate surface area is 149 Å². The summed E-state index contributed by atoms with van der Waals surface area (Å²) >= 11 is 0. The monoisotopic (exact) mass is 366 g/mol. The maximum atomic E-state index is 13.2. The van der Waals surface area contributed by atoms with E-state index in [1.165, 1.54) is 6.07 Å². The fourth-order valence-corrected chi connectivity index (χ4v) is 3.65. The van der Waals surface area contributed by atoms with Crippen LogP contribution in [0.3, 0.4) is 0 Å². The van der Waals surface area contributed by atoms with Gasteiger partial charge in [-0.2, -0.15) is 0 Å². The Kier molecular flexibility index (Phi) is 4.40. The van der Waals surface area contributed by atoms with Crippen molar-refractivity contribution in [2.75, 3.05) is 31.6 Å². The summed E-state index contributed by atoms with van der Waals surface area (Å²) in [6, 6.07) is 3.18. The maximum Gasteiger partial charge on any atom is 0.228 e. The first-order valence-corrected chi connectivity index (χ1v) is 8.80. The van der Waals surface area contributed by atoms with Gasteiger partial charge in [-0.1, -0.05) is 0 Å². The fraction of sp³-hybridized carbons (Fsp3) is 0.556. The van der Waals surface area contributed by atoms with Gasteiger partial charge in [0.15, 0.2) is 17.4 Å². The van der Waals surface area contributed by atoms with Crippen molar-refractivity contribution in [1.29, 1.82) is 0 Å². The highest BCUT2D eigenvalue weighted by atomic mass is 19.2. The van der Waals surface area contributed by atoms with Crippen LogP contribution in [0.15, 0.2) is 18.2 Å². The molecule has 0 aromatic heterocycles. The molecule has 2 amide bonds. The Morgan fingerprint density at radius 2 is 1.77 bits per heavy atom. The second-order valence-electron chi connectivity index (χ2n) is 7.00. The summed E-state index contributed by atoms with van der Waals surface area (Å²) in [7, 11) is 0. The van der Waals surface area contributed by atoms with Crippen LogP contribution in [-0.2, 0) is 19.1 Å².